The number of halogens is 1. The number of ether oxygens (including phenoxy) is 1. The minimum Gasteiger partial charge on any atom is -0.497 e. The number of rotatable bonds is 4. The molecule has 0 spiro atoms. The van der Waals surface area contributed by atoms with Crippen LogP contribution < -0.4 is 10.4 Å². The first-order valence-corrected chi connectivity index (χ1v) is 8.43. The summed E-state index contributed by atoms with van der Waals surface area (Å²) in [5.74, 6) is 1.52. The van der Waals surface area contributed by atoms with Crippen LogP contribution in [0.25, 0.3) is 11.0 Å². The third-order valence-electron chi connectivity index (χ3n) is 3.23. The fourth-order valence-corrected chi connectivity index (χ4v) is 3.45. The van der Waals surface area contributed by atoms with Crippen molar-refractivity contribution in [2.75, 3.05) is 7.11 Å². The fourth-order valence-electron chi connectivity index (χ4n) is 2.18. The molecule has 112 valence electrons. The second-order valence-corrected chi connectivity index (χ2v) is 6.66. The van der Waals surface area contributed by atoms with Gasteiger partial charge in [-0.3, -0.25) is 0 Å². The van der Waals surface area contributed by atoms with Crippen LogP contribution >= 0.6 is 27.7 Å². The summed E-state index contributed by atoms with van der Waals surface area (Å²) < 4.78 is 11.4. The fraction of sp³-hybridized carbons (Fsp3) is 0.118. The molecule has 22 heavy (non-hydrogen) atoms. The van der Waals surface area contributed by atoms with E-state index in [2.05, 4.69) is 15.9 Å². The van der Waals surface area contributed by atoms with E-state index < -0.39 is 0 Å². The highest BCUT2D eigenvalue weighted by Crippen LogP contribution is 2.29. The van der Waals surface area contributed by atoms with Gasteiger partial charge in [-0.15, -0.1) is 11.8 Å². The van der Waals surface area contributed by atoms with Crippen LogP contribution in [0.15, 0.2) is 67.1 Å². The molecule has 3 aromatic rings. The monoisotopic (exact) mass is 376 g/mol. The summed E-state index contributed by atoms with van der Waals surface area (Å²) in [6.45, 7) is 0. The van der Waals surface area contributed by atoms with Gasteiger partial charge in [-0.1, -0.05) is 22.0 Å². The first-order chi connectivity index (χ1) is 10.7. The molecule has 3 rings (SSSR count). The summed E-state index contributed by atoms with van der Waals surface area (Å²) in [7, 11) is 1.65. The largest absolute Gasteiger partial charge is 0.497 e. The number of hydrogen-bond acceptors (Lipinski definition) is 4. The van der Waals surface area contributed by atoms with Gasteiger partial charge in [0.15, 0.2) is 0 Å². The minimum absolute atomic E-state index is 0.327. The molecule has 0 aliphatic rings. The van der Waals surface area contributed by atoms with Gasteiger partial charge in [-0.05, 0) is 42.0 Å². The van der Waals surface area contributed by atoms with Crippen LogP contribution in [0.2, 0.25) is 0 Å². The molecule has 3 nitrogen and oxygen atoms in total. The Kier molecular flexibility index (Phi) is 4.55. The Labute approximate surface area is 140 Å². The molecule has 0 aliphatic carbocycles. The number of benzene rings is 2. The van der Waals surface area contributed by atoms with Crippen LogP contribution in [0.1, 0.15) is 5.56 Å². The van der Waals surface area contributed by atoms with Gasteiger partial charge in [0.25, 0.3) is 0 Å². The molecule has 0 radical (unpaired) electrons. The number of hydrogen-bond donors (Lipinski definition) is 0. The first kappa shape index (κ1) is 15.2. The van der Waals surface area contributed by atoms with Gasteiger partial charge in [0.05, 0.1) is 7.11 Å². The van der Waals surface area contributed by atoms with Crippen molar-refractivity contribution < 1.29 is 9.15 Å². The normalized spacial score (nSPS) is 10.8. The second kappa shape index (κ2) is 6.58. The Morgan fingerprint density at radius 2 is 2.05 bits per heavy atom. The second-order valence-electron chi connectivity index (χ2n) is 4.70. The quantitative estimate of drug-likeness (QED) is 0.481. The van der Waals surface area contributed by atoms with E-state index in [9.17, 15) is 4.79 Å². The van der Waals surface area contributed by atoms with Crippen molar-refractivity contribution in [3.63, 3.8) is 0 Å². The molecule has 0 saturated carbocycles. The lowest BCUT2D eigenvalue weighted by Gasteiger charge is -2.07. The van der Waals surface area contributed by atoms with Gasteiger partial charge in [-0.25, -0.2) is 4.79 Å². The van der Waals surface area contributed by atoms with Gasteiger partial charge >= 0.3 is 5.63 Å². The molecule has 0 aliphatic heterocycles. The number of fused-ring (bicyclic) bond motifs is 1. The molecule has 5 heteroatoms. The standard InChI is InChI=1S/C17H13BrO3S/c1-20-13-3-2-4-14(9-13)22-10-11-7-17(19)21-16-8-12(18)5-6-15(11)16/h2-9H,10H2,1H3. The van der Waals surface area contributed by atoms with E-state index in [1.807, 2.05) is 42.5 Å². The van der Waals surface area contributed by atoms with Gasteiger partial charge in [0.2, 0.25) is 0 Å². The van der Waals surface area contributed by atoms with Crippen molar-refractivity contribution in [3.8, 4) is 5.75 Å². The first-order valence-electron chi connectivity index (χ1n) is 6.65. The summed E-state index contributed by atoms with van der Waals surface area (Å²) in [5.41, 5.74) is 1.24. The average molecular weight is 377 g/mol. The number of methoxy groups -OCH3 is 1. The Bertz CT molecular complexity index is 873. The smallest absolute Gasteiger partial charge is 0.336 e. The molecule has 0 amide bonds. The van der Waals surface area contributed by atoms with E-state index in [1.54, 1.807) is 24.9 Å². The van der Waals surface area contributed by atoms with Crippen LogP contribution in [-0.4, -0.2) is 7.11 Å². The van der Waals surface area contributed by atoms with Crippen LogP contribution in [0.3, 0.4) is 0 Å². The summed E-state index contributed by atoms with van der Waals surface area (Å²) >= 11 is 5.05. The molecule has 0 atom stereocenters. The zero-order valence-electron chi connectivity index (χ0n) is 11.8. The topological polar surface area (TPSA) is 39.4 Å². The zero-order chi connectivity index (χ0) is 15.5. The van der Waals surface area contributed by atoms with Crippen molar-refractivity contribution >= 4 is 38.7 Å². The van der Waals surface area contributed by atoms with Crippen molar-refractivity contribution in [1.82, 2.24) is 0 Å². The lowest BCUT2D eigenvalue weighted by molar-refractivity contribution is 0.413. The van der Waals surface area contributed by atoms with Gasteiger partial charge in [0.1, 0.15) is 11.3 Å². The highest BCUT2D eigenvalue weighted by atomic mass is 79.9. The van der Waals surface area contributed by atoms with E-state index in [1.165, 1.54) is 0 Å². The Balaban J connectivity index is 1.91. The van der Waals surface area contributed by atoms with Crippen LogP contribution in [-0.2, 0) is 5.75 Å². The maximum absolute atomic E-state index is 11.7. The third kappa shape index (κ3) is 3.36. The molecular formula is C17H13BrO3S. The van der Waals surface area contributed by atoms with Crippen molar-refractivity contribution in [3.05, 3.63) is 69.0 Å². The van der Waals surface area contributed by atoms with Crippen LogP contribution in [0.5, 0.6) is 5.75 Å². The Morgan fingerprint density at radius 3 is 2.86 bits per heavy atom. The Morgan fingerprint density at radius 1 is 1.18 bits per heavy atom. The van der Waals surface area contributed by atoms with E-state index in [4.69, 9.17) is 9.15 Å². The molecule has 0 bridgehead atoms. The van der Waals surface area contributed by atoms with Gasteiger partial charge < -0.3 is 9.15 Å². The lowest BCUT2D eigenvalue weighted by atomic mass is 10.1. The summed E-state index contributed by atoms with van der Waals surface area (Å²) in [5, 5.41) is 0.957. The minimum atomic E-state index is -0.327. The predicted octanol–water partition coefficient (Wildman–Crippen LogP) is 4.86. The highest BCUT2D eigenvalue weighted by molar-refractivity contribution is 9.10. The zero-order valence-corrected chi connectivity index (χ0v) is 14.2. The van der Waals surface area contributed by atoms with E-state index in [0.29, 0.717) is 11.3 Å². The van der Waals surface area contributed by atoms with Crippen molar-refractivity contribution in [2.45, 2.75) is 10.6 Å². The lowest BCUT2D eigenvalue weighted by Crippen LogP contribution is -1.99. The Hall–Kier alpha value is -1.72. The van der Waals surface area contributed by atoms with Crippen molar-refractivity contribution in [1.29, 1.82) is 0 Å². The predicted molar refractivity (Wildman–Crippen MR) is 92.7 cm³/mol. The molecule has 1 heterocycles. The van der Waals surface area contributed by atoms with E-state index in [0.717, 1.165) is 26.1 Å². The number of thioether (sulfide) groups is 1. The van der Waals surface area contributed by atoms with Crippen LogP contribution in [0.4, 0.5) is 0 Å². The molecule has 0 saturated heterocycles. The molecule has 1 aromatic heterocycles. The van der Waals surface area contributed by atoms with E-state index in [-0.39, 0.29) is 5.63 Å². The molecular weight excluding hydrogens is 364 g/mol. The van der Waals surface area contributed by atoms with E-state index >= 15 is 0 Å². The summed E-state index contributed by atoms with van der Waals surface area (Å²) in [6, 6.07) is 15.2. The van der Waals surface area contributed by atoms with Crippen LogP contribution in [0, 0.1) is 0 Å². The SMILES string of the molecule is COc1cccc(SCc2cc(=O)oc3cc(Br)ccc23)c1. The van der Waals surface area contributed by atoms with Gasteiger partial charge in [0, 0.05) is 26.6 Å². The molecule has 0 unspecified atom stereocenters. The third-order valence-corrected chi connectivity index (χ3v) is 4.76. The maximum Gasteiger partial charge on any atom is 0.336 e. The maximum atomic E-state index is 11.7. The molecule has 0 fully saturated rings. The molecule has 0 N–H and O–H groups in total. The summed E-state index contributed by atoms with van der Waals surface area (Å²) in [4.78, 5) is 12.8. The highest BCUT2D eigenvalue weighted by Gasteiger charge is 2.07. The average Bonchev–Trinajstić information content (AvgIpc) is 2.52. The molecule has 2 aromatic carbocycles. The summed E-state index contributed by atoms with van der Waals surface area (Å²) in [6.07, 6.45) is 0. The van der Waals surface area contributed by atoms with Gasteiger partial charge in [-0.2, -0.15) is 0 Å². The van der Waals surface area contributed by atoms with Crippen molar-refractivity contribution in [2.24, 2.45) is 0 Å².